The molecule has 4 N–H and O–H groups in total. The number of rotatable bonds is 9. The maximum atomic E-state index is 13.8. The molecule has 0 atom stereocenters. The Morgan fingerprint density at radius 1 is 0.925 bits per heavy atom. The first-order chi connectivity index (χ1) is 19.4. The summed E-state index contributed by atoms with van der Waals surface area (Å²) in [6.07, 6.45) is 1.76. The van der Waals surface area contributed by atoms with E-state index in [1.54, 1.807) is 0 Å². The second-order valence-electron chi connectivity index (χ2n) is 9.95. The van der Waals surface area contributed by atoms with Crippen molar-refractivity contribution in [3.8, 4) is 27.3 Å². The van der Waals surface area contributed by atoms with Gasteiger partial charge in [0.25, 0.3) is 5.91 Å². The van der Waals surface area contributed by atoms with Crippen molar-refractivity contribution in [3.63, 3.8) is 0 Å². The van der Waals surface area contributed by atoms with E-state index in [1.807, 2.05) is 89.8 Å². The number of likely N-dealkylation sites (tertiary alicyclic amines) is 1. The molecule has 8 heteroatoms. The van der Waals surface area contributed by atoms with Crippen molar-refractivity contribution in [3.05, 3.63) is 100 Å². The van der Waals surface area contributed by atoms with E-state index in [0.29, 0.717) is 49.0 Å². The lowest BCUT2D eigenvalue weighted by Crippen LogP contribution is -2.51. The minimum absolute atomic E-state index is 0.0579. The van der Waals surface area contributed by atoms with Crippen molar-refractivity contribution < 1.29 is 14.3 Å². The summed E-state index contributed by atoms with van der Waals surface area (Å²) in [4.78, 5) is 29.8. The second-order valence-corrected chi connectivity index (χ2v) is 11.4. The van der Waals surface area contributed by atoms with Gasteiger partial charge in [0.2, 0.25) is 5.91 Å². The number of halogens is 1. The number of primary amides is 1. The fraction of sp³-hybridized carbons (Fsp3) is 0.250. The molecule has 0 bridgehead atoms. The first-order valence-electron chi connectivity index (χ1n) is 13.4. The van der Waals surface area contributed by atoms with E-state index in [4.69, 9.17) is 27.8 Å². The molecule has 6 nitrogen and oxygen atoms in total. The molecule has 0 aliphatic carbocycles. The third kappa shape index (κ3) is 5.63. The summed E-state index contributed by atoms with van der Waals surface area (Å²) in [5.41, 5.74) is 14.4. The smallest absolute Gasteiger partial charge is 0.263 e. The Bertz CT molecular complexity index is 1480. The highest BCUT2D eigenvalue weighted by Crippen LogP contribution is 2.43. The standard InChI is InChI=1S/C32H32ClN3O3S/c33-27-10-5-4-9-25(27)29-26(22-11-13-24(14-12-22)39-20-6-17-34)21-28(40-29)30(37)36-18-15-32(16-19-36,31(35)38)23-7-2-1-3-8-23/h1-5,7-14,21H,6,15-20,34H2,(H2,35,38). The van der Waals surface area contributed by atoms with E-state index in [1.165, 1.54) is 11.3 Å². The summed E-state index contributed by atoms with van der Waals surface area (Å²) < 4.78 is 5.77. The van der Waals surface area contributed by atoms with Gasteiger partial charge in [-0.25, -0.2) is 0 Å². The SMILES string of the molecule is NCCCOc1ccc(-c2cc(C(=O)N3CCC(C(N)=O)(c4ccccc4)CC3)sc2-c2ccccc2Cl)cc1. The molecule has 3 aromatic carbocycles. The van der Waals surface area contributed by atoms with Crippen LogP contribution in [0.25, 0.3) is 21.6 Å². The van der Waals surface area contributed by atoms with E-state index >= 15 is 0 Å². The highest BCUT2D eigenvalue weighted by Gasteiger charge is 2.42. The Hall–Kier alpha value is -3.65. The molecule has 0 saturated carbocycles. The van der Waals surface area contributed by atoms with Crippen LogP contribution in [0.5, 0.6) is 5.75 Å². The third-order valence-corrected chi connectivity index (χ3v) is 9.03. The van der Waals surface area contributed by atoms with Crippen molar-refractivity contribution in [1.82, 2.24) is 4.90 Å². The van der Waals surface area contributed by atoms with Crippen LogP contribution in [0, 0.1) is 0 Å². The van der Waals surface area contributed by atoms with E-state index in [9.17, 15) is 9.59 Å². The molecule has 4 aromatic rings. The molecule has 40 heavy (non-hydrogen) atoms. The fourth-order valence-corrected chi connectivity index (χ4v) is 6.72. The predicted octanol–water partition coefficient (Wildman–Crippen LogP) is 6.12. The zero-order valence-corrected chi connectivity index (χ0v) is 23.7. The van der Waals surface area contributed by atoms with Crippen LogP contribution in [-0.2, 0) is 10.2 Å². The number of piperidine rings is 1. The molecule has 1 aliphatic rings. The molecular formula is C32H32ClN3O3S. The van der Waals surface area contributed by atoms with Crippen molar-refractivity contribution in [2.75, 3.05) is 26.2 Å². The molecule has 0 radical (unpaired) electrons. The summed E-state index contributed by atoms with van der Waals surface area (Å²) in [5, 5.41) is 0.624. The van der Waals surface area contributed by atoms with Gasteiger partial charge in [-0.3, -0.25) is 9.59 Å². The molecule has 2 heterocycles. The number of thiophene rings is 1. The molecule has 1 saturated heterocycles. The van der Waals surface area contributed by atoms with Gasteiger partial charge in [0.15, 0.2) is 0 Å². The molecule has 0 unspecified atom stereocenters. The number of carbonyl (C=O) groups excluding carboxylic acids is 2. The molecule has 206 valence electrons. The van der Waals surface area contributed by atoms with Gasteiger partial charge >= 0.3 is 0 Å². The zero-order valence-electron chi connectivity index (χ0n) is 22.1. The van der Waals surface area contributed by atoms with Gasteiger partial charge in [-0.15, -0.1) is 11.3 Å². The van der Waals surface area contributed by atoms with Crippen LogP contribution in [-0.4, -0.2) is 43.0 Å². The van der Waals surface area contributed by atoms with Crippen LogP contribution in [0.3, 0.4) is 0 Å². The lowest BCUT2D eigenvalue weighted by Gasteiger charge is -2.40. The lowest BCUT2D eigenvalue weighted by atomic mass is 9.72. The summed E-state index contributed by atoms with van der Waals surface area (Å²) >= 11 is 8.04. The van der Waals surface area contributed by atoms with Gasteiger partial charge in [-0.05, 0) is 61.2 Å². The summed E-state index contributed by atoms with van der Waals surface area (Å²) in [6.45, 7) is 2.03. The molecule has 1 aromatic heterocycles. The number of hydrogen-bond donors (Lipinski definition) is 2. The molecule has 1 aliphatic heterocycles. The Balaban J connectivity index is 1.43. The quantitative estimate of drug-likeness (QED) is 0.236. The first kappa shape index (κ1) is 27.9. The van der Waals surface area contributed by atoms with E-state index in [2.05, 4.69) is 0 Å². The highest BCUT2D eigenvalue weighted by atomic mass is 35.5. The summed E-state index contributed by atoms with van der Waals surface area (Å²) in [7, 11) is 0. The summed E-state index contributed by atoms with van der Waals surface area (Å²) in [6, 6.07) is 27.1. The molecule has 5 rings (SSSR count). The second kappa shape index (κ2) is 12.3. The highest BCUT2D eigenvalue weighted by molar-refractivity contribution is 7.18. The number of nitrogens with zero attached hydrogens (tertiary/aromatic N) is 1. The fourth-order valence-electron chi connectivity index (χ4n) is 5.24. The number of nitrogens with two attached hydrogens (primary N) is 2. The van der Waals surface area contributed by atoms with Crippen molar-refractivity contribution in [1.29, 1.82) is 0 Å². The van der Waals surface area contributed by atoms with Gasteiger partial charge in [0, 0.05) is 34.1 Å². The first-order valence-corrected chi connectivity index (χ1v) is 14.6. The zero-order chi connectivity index (χ0) is 28.1. The topological polar surface area (TPSA) is 98.7 Å². The maximum Gasteiger partial charge on any atom is 0.263 e. The van der Waals surface area contributed by atoms with Gasteiger partial charge in [-0.2, -0.15) is 0 Å². The van der Waals surface area contributed by atoms with Crippen LogP contribution >= 0.6 is 22.9 Å². The van der Waals surface area contributed by atoms with Gasteiger partial charge in [-0.1, -0.05) is 72.3 Å². The summed E-state index contributed by atoms with van der Waals surface area (Å²) in [5.74, 6) is 0.366. The van der Waals surface area contributed by atoms with Gasteiger partial charge in [0.05, 0.1) is 16.9 Å². The van der Waals surface area contributed by atoms with Crippen LogP contribution in [0.15, 0.2) is 84.9 Å². The van der Waals surface area contributed by atoms with Crippen LogP contribution in [0.1, 0.15) is 34.5 Å². The Kier molecular flexibility index (Phi) is 8.54. The van der Waals surface area contributed by atoms with Crippen LogP contribution < -0.4 is 16.2 Å². The normalized spacial score (nSPS) is 14.6. The number of carbonyl (C=O) groups is 2. The number of hydrogen-bond acceptors (Lipinski definition) is 5. The molecule has 1 fully saturated rings. The molecule has 0 spiro atoms. The Labute approximate surface area is 243 Å². The van der Waals surface area contributed by atoms with E-state index < -0.39 is 5.41 Å². The van der Waals surface area contributed by atoms with Crippen molar-refractivity contribution in [2.24, 2.45) is 11.5 Å². The average Bonchev–Trinajstić information content (AvgIpc) is 3.43. The number of amides is 2. The van der Waals surface area contributed by atoms with E-state index in [-0.39, 0.29) is 11.8 Å². The van der Waals surface area contributed by atoms with Crippen LogP contribution in [0.4, 0.5) is 0 Å². The number of benzene rings is 3. The Morgan fingerprint density at radius 2 is 1.60 bits per heavy atom. The van der Waals surface area contributed by atoms with E-state index in [0.717, 1.165) is 39.3 Å². The van der Waals surface area contributed by atoms with Crippen molar-refractivity contribution in [2.45, 2.75) is 24.7 Å². The van der Waals surface area contributed by atoms with Crippen molar-refractivity contribution >= 4 is 34.8 Å². The average molecular weight is 574 g/mol. The Morgan fingerprint density at radius 3 is 2.25 bits per heavy atom. The monoisotopic (exact) mass is 573 g/mol. The lowest BCUT2D eigenvalue weighted by molar-refractivity contribution is -0.125. The van der Waals surface area contributed by atoms with Crippen LogP contribution in [0.2, 0.25) is 5.02 Å². The minimum Gasteiger partial charge on any atom is -0.494 e. The van der Waals surface area contributed by atoms with Gasteiger partial charge in [0.1, 0.15) is 5.75 Å². The largest absolute Gasteiger partial charge is 0.494 e. The number of ether oxygens (including phenoxy) is 1. The minimum atomic E-state index is -0.769. The molecule has 2 amide bonds. The third-order valence-electron chi connectivity index (χ3n) is 7.55. The predicted molar refractivity (Wildman–Crippen MR) is 162 cm³/mol. The van der Waals surface area contributed by atoms with Gasteiger partial charge < -0.3 is 21.1 Å². The molecular weight excluding hydrogens is 542 g/mol. The maximum absolute atomic E-state index is 13.8.